The largest absolute Gasteiger partial charge is 0.342 e. The fourth-order valence-corrected chi connectivity index (χ4v) is 4.04. The summed E-state index contributed by atoms with van der Waals surface area (Å²) in [6.07, 6.45) is 0.758. The van der Waals surface area contributed by atoms with Crippen molar-refractivity contribution in [2.24, 2.45) is 0 Å². The van der Waals surface area contributed by atoms with Crippen LogP contribution < -0.4 is 4.72 Å². The second kappa shape index (κ2) is 7.98. The molecular formula is C18H18ClN3O4S. The minimum absolute atomic E-state index is 0.123. The van der Waals surface area contributed by atoms with Crippen molar-refractivity contribution in [1.29, 1.82) is 0 Å². The summed E-state index contributed by atoms with van der Waals surface area (Å²) in [5.74, 6) is -0.300. The molecule has 142 valence electrons. The van der Waals surface area contributed by atoms with Crippen LogP contribution >= 0.6 is 11.6 Å². The molecule has 0 bridgehead atoms. The number of anilines is 1. The number of hydrogen-bond acceptors (Lipinski definition) is 4. The first-order valence-electron chi connectivity index (χ1n) is 8.27. The molecule has 0 aliphatic carbocycles. The van der Waals surface area contributed by atoms with E-state index in [-0.39, 0.29) is 27.1 Å². The molecule has 0 spiro atoms. The highest BCUT2D eigenvalue weighted by atomic mass is 35.5. The number of hydrogen-bond donors (Lipinski definition) is 1. The quantitative estimate of drug-likeness (QED) is 0.768. The van der Waals surface area contributed by atoms with Gasteiger partial charge in [-0.05, 0) is 30.3 Å². The van der Waals surface area contributed by atoms with Gasteiger partial charge in [0.25, 0.3) is 15.9 Å². The Labute approximate surface area is 162 Å². The second-order valence-corrected chi connectivity index (χ2v) is 8.14. The zero-order valence-corrected chi connectivity index (χ0v) is 15.9. The third-order valence-corrected chi connectivity index (χ3v) is 5.98. The zero-order chi connectivity index (χ0) is 19.4. The summed E-state index contributed by atoms with van der Waals surface area (Å²) in [7, 11) is -3.77. The first-order valence-corrected chi connectivity index (χ1v) is 10.1. The number of halogens is 1. The number of carbonyl (C=O) groups is 2. The normalized spacial score (nSPS) is 14.7. The van der Waals surface area contributed by atoms with Gasteiger partial charge in [-0.15, -0.1) is 0 Å². The zero-order valence-electron chi connectivity index (χ0n) is 14.3. The van der Waals surface area contributed by atoms with E-state index in [2.05, 4.69) is 4.72 Å². The van der Waals surface area contributed by atoms with Crippen LogP contribution in [-0.4, -0.2) is 56.7 Å². The number of nitrogens with zero attached hydrogens (tertiary/aromatic N) is 2. The minimum Gasteiger partial charge on any atom is -0.342 e. The first kappa shape index (κ1) is 19.2. The Balaban J connectivity index is 1.80. The molecule has 2 amide bonds. The summed E-state index contributed by atoms with van der Waals surface area (Å²) in [5, 5.41) is 0.237. The lowest BCUT2D eigenvalue weighted by Crippen LogP contribution is -2.48. The monoisotopic (exact) mass is 407 g/mol. The van der Waals surface area contributed by atoms with Gasteiger partial charge >= 0.3 is 0 Å². The van der Waals surface area contributed by atoms with Crippen LogP contribution in [0.4, 0.5) is 5.69 Å². The lowest BCUT2D eigenvalue weighted by molar-refractivity contribution is -0.119. The van der Waals surface area contributed by atoms with Gasteiger partial charge in [0.15, 0.2) is 0 Å². The minimum atomic E-state index is -3.77. The first-order chi connectivity index (χ1) is 12.9. The third-order valence-electron chi connectivity index (χ3n) is 4.25. The Morgan fingerprint density at radius 2 is 1.70 bits per heavy atom. The number of rotatable bonds is 5. The highest BCUT2D eigenvalue weighted by Gasteiger charge is 2.24. The fourth-order valence-electron chi connectivity index (χ4n) is 2.77. The van der Waals surface area contributed by atoms with E-state index in [1.165, 1.54) is 30.3 Å². The summed E-state index contributed by atoms with van der Waals surface area (Å²) in [6.45, 7) is 1.70. The van der Waals surface area contributed by atoms with E-state index in [0.29, 0.717) is 26.2 Å². The van der Waals surface area contributed by atoms with Crippen molar-refractivity contribution >= 4 is 39.6 Å². The number of benzene rings is 2. The fraction of sp³-hybridized carbons (Fsp3) is 0.222. The van der Waals surface area contributed by atoms with E-state index in [1.807, 2.05) is 0 Å². The van der Waals surface area contributed by atoms with E-state index in [0.717, 1.165) is 6.41 Å². The summed E-state index contributed by atoms with van der Waals surface area (Å²) >= 11 is 6.16. The van der Waals surface area contributed by atoms with Gasteiger partial charge in [-0.25, -0.2) is 8.42 Å². The Bertz CT molecular complexity index is 942. The molecular weight excluding hydrogens is 390 g/mol. The Hall–Kier alpha value is -2.58. The van der Waals surface area contributed by atoms with Gasteiger partial charge in [0.1, 0.15) is 0 Å². The van der Waals surface area contributed by atoms with Crippen LogP contribution in [0.5, 0.6) is 0 Å². The predicted molar refractivity (Wildman–Crippen MR) is 102 cm³/mol. The Kier molecular flexibility index (Phi) is 5.67. The lowest BCUT2D eigenvalue weighted by Gasteiger charge is -2.32. The summed E-state index contributed by atoms with van der Waals surface area (Å²) in [4.78, 5) is 26.9. The maximum Gasteiger partial charge on any atom is 0.261 e. The van der Waals surface area contributed by atoms with Crippen LogP contribution in [0.25, 0.3) is 0 Å². The van der Waals surface area contributed by atoms with E-state index >= 15 is 0 Å². The molecule has 0 aromatic heterocycles. The standard InChI is InChI=1S/C18H18ClN3O4S/c19-17-7-6-14(20-27(25,26)15-4-2-1-3-5-15)12-16(17)18(24)22-10-8-21(13-23)9-11-22/h1-7,12-13,20H,8-11H2. The van der Waals surface area contributed by atoms with Crippen molar-refractivity contribution in [3.05, 3.63) is 59.1 Å². The van der Waals surface area contributed by atoms with Gasteiger partial charge in [-0.1, -0.05) is 29.8 Å². The molecule has 0 saturated carbocycles. The van der Waals surface area contributed by atoms with Crippen molar-refractivity contribution in [3.8, 4) is 0 Å². The van der Waals surface area contributed by atoms with Crippen molar-refractivity contribution in [2.45, 2.75) is 4.90 Å². The van der Waals surface area contributed by atoms with Crippen molar-refractivity contribution in [2.75, 3.05) is 30.9 Å². The Morgan fingerprint density at radius 1 is 1.04 bits per heavy atom. The van der Waals surface area contributed by atoms with Crippen molar-refractivity contribution in [3.63, 3.8) is 0 Å². The number of sulfonamides is 1. The molecule has 27 heavy (non-hydrogen) atoms. The highest BCUT2D eigenvalue weighted by molar-refractivity contribution is 7.92. The number of carbonyl (C=O) groups excluding carboxylic acids is 2. The molecule has 1 aliphatic rings. The molecule has 3 rings (SSSR count). The lowest BCUT2D eigenvalue weighted by atomic mass is 10.1. The molecule has 9 heteroatoms. The molecule has 1 heterocycles. The van der Waals surface area contributed by atoms with Crippen LogP contribution in [-0.2, 0) is 14.8 Å². The van der Waals surface area contributed by atoms with Crippen LogP contribution in [0.2, 0.25) is 5.02 Å². The van der Waals surface area contributed by atoms with Crippen LogP contribution in [0.15, 0.2) is 53.4 Å². The molecule has 7 nitrogen and oxygen atoms in total. The molecule has 1 saturated heterocycles. The van der Waals surface area contributed by atoms with Gasteiger partial charge in [0.05, 0.1) is 15.5 Å². The van der Waals surface area contributed by atoms with E-state index < -0.39 is 10.0 Å². The second-order valence-electron chi connectivity index (χ2n) is 6.05. The molecule has 2 aromatic carbocycles. The Morgan fingerprint density at radius 3 is 2.33 bits per heavy atom. The maximum atomic E-state index is 12.8. The topological polar surface area (TPSA) is 86.8 Å². The van der Waals surface area contributed by atoms with Gasteiger partial charge in [0.2, 0.25) is 6.41 Å². The third kappa shape index (κ3) is 4.40. The number of piperazine rings is 1. The molecule has 1 aliphatic heterocycles. The summed E-state index contributed by atoms with van der Waals surface area (Å²) in [5.41, 5.74) is 0.461. The van der Waals surface area contributed by atoms with Gasteiger partial charge in [-0.3, -0.25) is 14.3 Å². The van der Waals surface area contributed by atoms with E-state index in [1.54, 1.807) is 28.0 Å². The highest BCUT2D eigenvalue weighted by Crippen LogP contribution is 2.24. The summed E-state index contributed by atoms with van der Waals surface area (Å²) in [6, 6.07) is 12.4. The van der Waals surface area contributed by atoms with E-state index in [4.69, 9.17) is 11.6 Å². The smallest absolute Gasteiger partial charge is 0.261 e. The van der Waals surface area contributed by atoms with Crippen molar-refractivity contribution in [1.82, 2.24) is 9.80 Å². The van der Waals surface area contributed by atoms with Gasteiger partial charge < -0.3 is 9.80 Å². The maximum absolute atomic E-state index is 12.8. The average molecular weight is 408 g/mol. The SMILES string of the molecule is O=CN1CCN(C(=O)c2cc(NS(=O)(=O)c3ccccc3)ccc2Cl)CC1. The molecule has 1 N–H and O–H groups in total. The molecule has 0 atom stereocenters. The average Bonchev–Trinajstić information content (AvgIpc) is 2.69. The molecule has 0 radical (unpaired) electrons. The van der Waals surface area contributed by atoms with Gasteiger partial charge in [-0.2, -0.15) is 0 Å². The van der Waals surface area contributed by atoms with E-state index in [9.17, 15) is 18.0 Å². The molecule has 1 fully saturated rings. The molecule has 0 unspecified atom stereocenters. The van der Waals surface area contributed by atoms with Crippen LogP contribution in [0.3, 0.4) is 0 Å². The van der Waals surface area contributed by atoms with Crippen molar-refractivity contribution < 1.29 is 18.0 Å². The number of amides is 2. The number of nitrogens with one attached hydrogen (secondary N) is 1. The van der Waals surface area contributed by atoms with Crippen LogP contribution in [0, 0.1) is 0 Å². The molecule has 2 aromatic rings. The van der Waals surface area contributed by atoms with Gasteiger partial charge in [0, 0.05) is 31.9 Å². The predicted octanol–water partition coefficient (Wildman–Crippen LogP) is 2.05. The van der Waals surface area contributed by atoms with Crippen LogP contribution in [0.1, 0.15) is 10.4 Å². The summed E-state index contributed by atoms with van der Waals surface area (Å²) < 4.78 is 27.4.